The third kappa shape index (κ3) is 2.93. The van der Waals surface area contributed by atoms with Crippen molar-refractivity contribution in [3.8, 4) is 0 Å². The van der Waals surface area contributed by atoms with Gasteiger partial charge in [0.1, 0.15) is 0 Å². The molecule has 1 atom stereocenters. The van der Waals surface area contributed by atoms with Gasteiger partial charge in [-0.2, -0.15) is 0 Å². The average molecular weight is 120 g/mol. The second-order valence-corrected chi connectivity index (χ2v) is 3.44. The minimum atomic E-state index is -0.139. The van der Waals surface area contributed by atoms with Gasteiger partial charge in [-0.1, -0.05) is 6.92 Å². The Balaban J connectivity index is 3.54. The van der Waals surface area contributed by atoms with Crippen LogP contribution in [-0.4, -0.2) is 4.87 Å². The zero-order chi connectivity index (χ0) is 6.08. The van der Waals surface area contributed by atoms with Gasteiger partial charge in [0, 0.05) is 4.87 Å². The van der Waals surface area contributed by atoms with Crippen LogP contribution >= 0.6 is 11.6 Å². The maximum absolute atomic E-state index is 5.81. The smallest absolute Gasteiger partial charge is 0.0416 e. The summed E-state index contributed by atoms with van der Waals surface area (Å²) in [5, 5.41) is 0. The molecule has 0 fully saturated rings. The van der Waals surface area contributed by atoms with E-state index in [4.69, 9.17) is 11.6 Å². The molecule has 0 aromatic heterocycles. The molecular weight excluding hydrogens is 108 g/mol. The largest absolute Gasteiger partial charge is 0.120 e. The van der Waals surface area contributed by atoms with Crippen LogP contribution in [0, 0.1) is 12.8 Å². The lowest BCUT2D eigenvalue weighted by Gasteiger charge is -2.19. The fourth-order valence-electron chi connectivity index (χ4n) is 0. The number of hydrogen-bond acceptors (Lipinski definition) is 0. The number of hydrogen-bond donors (Lipinski definition) is 0. The van der Waals surface area contributed by atoms with Gasteiger partial charge in [-0.15, -0.1) is 11.6 Å². The van der Waals surface area contributed by atoms with Crippen LogP contribution in [0.4, 0.5) is 0 Å². The van der Waals surface area contributed by atoms with Crippen LogP contribution in [0.25, 0.3) is 0 Å². The summed E-state index contributed by atoms with van der Waals surface area (Å²) >= 11 is 5.81. The molecule has 0 aliphatic carbocycles. The molecule has 1 heteroatoms. The van der Waals surface area contributed by atoms with Crippen molar-refractivity contribution in [2.75, 3.05) is 0 Å². The molecule has 0 rings (SSSR count). The predicted molar refractivity (Wildman–Crippen MR) is 34.5 cm³/mol. The van der Waals surface area contributed by atoms with Crippen LogP contribution in [0.1, 0.15) is 20.8 Å². The van der Waals surface area contributed by atoms with Gasteiger partial charge in [0.05, 0.1) is 0 Å². The van der Waals surface area contributed by atoms with Gasteiger partial charge < -0.3 is 0 Å². The lowest BCUT2D eigenvalue weighted by Crippen LogP contribution is -2.18. The molecule has 0 amide bonds. The molecule has 0 saturated carbocycles. The molecule has 0 aliphatic rings. The Morgan fingerprint density at radius 2 is 1.71 bits per heavy atom. The molecule has 1 unspecified atom stereocenters. The van der Waals surface area contributed by atoms with Gasteiger partial charge in [-0.25, -0.2) is 0 Å². The molecule has 0 spiro atoms. The first-order valence-corrected chi connectivity index (χ1v) is 2.84. The normalized spacial score (nSPS) is 12.9. The molecule has 0 N–H and O–H groups in total. The van der Waals surface area contributed by atoms with E-state index in [1.54, 1.807) is 0 Å². The Bertz CT molecular complexity index is 49.7. The van der Waals surface area contributed by atoms with Crippen LogP contribution in [0.15, 0.2) is 0 Å². The number of rotatable bonds is 1. The maximum atomic E-state index is 5.81. The molecule has 7 heavy (non-hydrogen) atoms. The fourth-order valence-corrected chi connectivity index (χ4v) is 0. The maximum Gasteiger partial charge on any atom is 0.0416 e. The van der Waals surface area contributed by atoms with Crippen molar-refractivity contribution in [3.63, 3.8) is 0 Å². The summed E-state index contributed by atoms with van der Waals surface area (Å²) < 4.78 is 0. The van der Waals surface area contributed by atoms with Crippen molar-refractivity contribution >= 4 is 11.6 Å². The molecule has 0 nitrogen and oxygen atoms in total. The van der Waals surface area contributed by atoms with Crippen LogP contribution in [0.2, 0.25) is 0 Å². The SMILES string of the molecule is [CH2]C(C)C(C)(C)Cl. The second-order valence-electron chi connectivity index (χ2n) is 2.47. The Morgan fingerprint density at radius 1 is 1.57 bits per heavy atom. The van der Waals surface area contributed by atoms with E-state index in [0.717, 1.165) is 0 Å². The van der Waals surface area contributed by atoms with Crippen LogP contribution in [0.5, 0.6) is 0 Å². The van der Waals surface area contributed by atoms with E-state index >= 15 is 0 Å². The number of halogens is 1. The minimum absolute atomic E-state index is 0.139. The lowest BCUT2D eigenvalue weighted by molar-refractivity contribution is 0.540. The molecule has 43 valence electrons. The van der Waals surface area contributed by atoms with Crippen molar-refractivity contribution in [2.24, 2.45) is 5.92 Å². The summed E-state index contributed by atoms with van der Waals surface area (Å²) in [6.07, 6.45) is 0. The molecular formula is C6H12Cl. The summed E-state index contributed by atoms with van der Waals surface area (Å²) in [7, 11) is 0. The van der Waals surface area contributed by atoms with Crippen molar-refractivity contribution in [2.45, 2.75) is 25.6 Å². The van der Waals surface area contributed by atoms with Gasteiger partial charge in [0.2, 0.25) is 0 Å². The Labute approximate surface area is 50.9 Å². The highest BCUT2D eigenvalue weighted by Crippen LogP contribution is 2.22. The summed E-state index contributed by atoms with van der Waals surface area (Å²) in [5.41, 5.74) is 0. The van der Waals surface area contributed by atoms with Crippen LogP contribution < -0.4 is 0 Å². The zero-order valence-corrected chi connectivity index (χ0v) is 5.92. The molecule has 0 aromatic carbocycles. The highest BCUT2D eigenvalue weighted by molar-refractivity contribution is 6.23. The van der Waals surface area contributed by atoms with Gasteiger partial charge in [0.15, 0.2) is 0 Å². The van der Waals surface area contributed by atoms with Crippen LogP contribution in [-0.2, 0) is 0 Å². The quantitative estimate of drug-likeness (QED) is 0.466. The molecule has 0 saturated heterocycles. The monoisotopic (exact) mass is 119 g/mol. The van der Waals surface area contributed by atoms with Crippen molar-refractivity contribution in [3.05, 3.63) is 6.92 Å². The highest BCUT2D eigenvalue weighted by Gasteiger charge is 2.17. The Hall–Kier alpha value is 0.290. The fraction of sp³-hybridized carbons (Fsp3) is 0.833. The zero-order valence-electron chi connectivity index (χ0n) is 5.16. The van der Waals surface area contributed by atoms with E-state index in [-0.39, 0.29) is 4.87 Å². The molecule has 0 aromatic rings. The summed E-state index contributed by atoms with van der Waals surface area (Å²) in [6, 6.07) is 0. The topological polar surface area (TPSA) is 0 Å². The second kappa shape index (κ2) is 2.04. The standard InChI is InChI=1S/C6H12Cl/c1-5(2)6(3,4)7/h5H,1H2,2-4H3. The van der Waals surface area contributed by atoms with E-state index in [2.05, 4.69) is 6.92 Å². The van der Waals surface area contributed by atoms with E-state index in [1.807, 2.05) is 20.8 Å². The van der Waals surface area contributed by atoms with E-state index in [0.29, 0.717) is 5.92 Å². The molecule has 0 heterocycles. The van der Waals surface area contributed by atoms with E-state index in [9.17, 15) is 0 Å². The summed E-state index contributed by atoms with van der Waals surface area (Å²) in [4.78, 5) is -0.139. The lowest BCUT2D eigenvalue weighted by atomic mass is 10.00. The van der Waals surface area contributed by atoms with Crippen LogP contribution in [0.3, 0.4) is 0 Å². The first-order chi connectivity index (χ1) is 2.94. The third-order valence-corrected chi connectivity index (χ3v) is 1.54. The van der Waals surface area contributed by atoms with Crippen molar-refractivity contribution in [1.82, 2.24) is 0 Å². The summed E-state index contributed by atoms with van der Waals surface area (Å²) in [5.74, 6) is 0.314. The minimum Gasteiger partial charge on any atom is -0.120 e. The van der Waals surface area contributed by atoms with Gasteiger partial charge in [-0.05, 0) is 26.7 Å². The van der Waals surface area contributed by atoms with Gasteiger partial charge in [-0.3, -0.25) is 0 Å². The van der Waals surface area contributed by atoms with E-state index in [1.165, 1.54) is 0 Å². The summed E-state index contributed by atoms with van der Waals surface area (Å²) in [6.45, 7) is 9.71. The van der Waals surface area contributed by atoms with Gasteiger partial charge >= 0.3 is 0 Å². The number of alkyl halides is 1. The average Bonchev–Trinajstić information content (AvgIpc) is 1.31. The Morgan fingerprint density at radius 3 is 1.71 bits per heavy atom. The predicted octanol–water partition coefficient (Wildman–Crippen LogP) is 2.47. The Kier molecular flexibility index (Phi) is 2.12. The molecule has 0 bridgehead atoms. The van der Waals surface area contributed by atoms with E-state index < -0.39 is 0 Å². The molecule has 1 radical (unpaired) electrons. The van der Waals surface area contributed by atoms with Gasteiger partial charge in [0.25, 0.3) is 0 Å². The third-order valence-electron chi connectivity index (χ3n) is 1.17. The van der Waals surface area contributed by atoms with Crippen molar-refractivity contribution < 1.29 is 0 Å². The first-order valence-electron chi connectivity index (χ1n) is 2.46. The van der Waals surface area contributed by atoms with Crippen molar-refractivity contribution in [1.29, 1.82) is 0 Å². The highest BCUT2D eigenvalue weighted by atomic mass is 35.5. The first kappa shape index (κ1) is 7.29. The molecule has 0 aliphatic heterocycles.